The van der Waals surface area contributed by atoms with E-state index in [4.69, 9.17) is 0 Å². The van der Waals surface area contributed by atoms with Gasteiger partial charge in [-0.3, -0.25) is 4.79 Å². The van der Waals surface area contributed by atoms with Crippen LogP contribution in [0.4, 0.5) is 5.69 Å². The molecule has 0 aliphatic heterocycles. The molecule has 1 amide bonds. The van der Waals surface area contributed by atoms with Gasteiger partial charge in [-0.2, -0.15) is 0 Å². The zero-order valence-corrected chi connectivity index (χ0v) is 16.8. The summed E-state index contributed by atoms with van der Waals surface area (Å²) >= 11 is 1.48. The third-order valence-electron chi connectivity index (χ3n) is 4.84. The molecule has 2 aromatic heterocycles. The highest BCUT2D eigenvalue weighted by Crippen LogP contribution is 2.35. The second-order valence-electron chi connectivity index (χ2n) is 6.75. The molecule has 4 rings (SSSR count). The number of amides is 1. The zero-order chi connectivity index (χ0) is 19.5. The van der Waals surface area contributed by atoms with E-state index in [1.165, 1.54) is 16.9 Å². The van der Waals surface area contributed by atoms with Crippen molar-refractivity contribution in [1.29, 1.82) is 0 Å². The third kappa shape index (κ3) is 3.51. The molecule has 2 aromatic carbocycles. The summed E-state index contributed by atoms with van der Waals surface area (Å²) in [4.78, 5) is 13.9. The van der Waals surface area contributed by atoms with Crippen molar-refractivity contribution in [2.45, 2.75) is 20.3 Å². The topological polar surface area (TPSA) is 34.0 Å². The van der Waals surface area contributed by atoms with Crippen LogP contribution >= 0.6 is 11.3 Å². The molecule has 0 saturated heterocycles. The Bertz CT molecular complexity index is 1090. The van der Waals surface area contributed by atoms with E-state index in [0.717, 1.165) is 34.5 Å². The molecule has 28 heavy (non-hydrogen) atoms. The van der Waals surface area contributed by atoms with Crippen LogP contribution < -0.4 is 5.32 Å². The Morgan fingerprint density at radius 3 is 2.43 bits per heavy atom. The summed E-state index contributed by atoms with van der Waals surface area (Å²) in [5, 5.41) is 5.18. The number of nitrogens with one attached hydrogen (secondary N) is 1. The van der Waals surface area contributed by atoms with Crippen molar-refractivity contribution < 1.29 is 4.79 Å². The number of benzene rings is 2. The Kier molecular flexibility index (Phi) is 5.13. The Balaban J connectivity index is 1.77. The molecular weight excluding hydrogens is 364 g/mol. The molecule has 140 valence electrons. The maximum atomic E-state index is 13.2. The lowest BCUT2D eigenvalue weighted by molar-refractivity contribution is 0.103. The predicted molar refractivity (Wildman–Crippen MR) is 118 cm³/mol. The smallest absolute Gasteiger partial charge is 0.267 e. The molecule has 0 atom stereocenters. The van der Waals surface area contributed by atoms with Gasteiger partial charge >= 0.3 is 0 Å². The van der Waals surface area contributed by atoms with E-state index < -0.39 is 0 Å². The fraction of sp³-hybridized carbons (Fsp3) is 0.125. The lowest BCUT2D eigenvalue weighted by Gasteiger charge is -2.12. The first-order chi connectivity index (χ1) is 13.7. The number of carbonyl (C=O) groups is 1. The summed E-state index contributed by atoms with van der Waals surface area (Å²) in [5.74, 6) is -0.0760. The molecule has 0 saturated carbocycles. The van der Waals surface area contributed by atoms with Crippen LogP contribution in [0.5, 0.6) is 0 Å². The van der Waals surface area contributed by atoms with Gasteiger partial charge in [0.25, 0.3) is 5.91 Å². The number of aromatic nitrogens is 1. The van der Waals surface area contributed by atoms with Crippen molar-refractivity contribution in [1.82, 2.24) is 4.57 Å². The molecule has 3 nitrogen and oxygen atoms in total. The van der Waals surface area contributed by atoms with Gasteiger partial charge in [-0.25, -0.2) is 0 Å². The molecule has 0 bridgehead atoms. The minimum atomic E-state index is -0.0760. The van der Waals surface area contributed by atoms with E-state index >= 15 is 0 Å². The van der Waals surface area contributed by atoms with E-state index in [2.05, 4.69) is 54.9 Å². The molecule has 0 unspecified atom stereocenters. The molecule has 0 radical (unpaired) electrons. The first kappa shape index (κ1) is 18.3. The van der Waals surface area contributed by atoms with Crippen molar-refractivity contribution in [3.63, 3.8) is 0 Å². The average Bonchev–Trinajstić information content (AvgIpc) is 3.38. The fourth-order valence-electron chi connectivity index (χ4n) is 3.32. The molecule has 4 aromatic rings. The second kappa shape index (κ2) is 7.87. The van der Waals surface area contributed by atoms with Crippen LogP contribution in [0.15, 0.2) is 78.4 Å². The predicted octanol–water partition coefficient (Wildman–Crippen LogP) is 6.33. The van der Waals surface area contributed by atoms with Crippen LogP contribution in [-0.2, 0) is 6.42 Å². The highest BCUT2D eigenvalue weighted by Gasteiger charge is 2.21. The van der Waals surface area contributed by atoms with Gasteiger partial charge in [0, 0.05) is 29.0 Å². The average molecular weight is 387 g/mol. The van der Waals surface area contributed by atoms with Crippen molar-refractivity contribution >= 4 is 22.9 Å². The quantitative estimate of drug-likeness (QED) is 0.427. The molecule has 2 heterocycles. The van der Waals surface area contributed by atoms with Crippen molar-refractivity contribution in [3.05, 3.63) is 94.4 Å². The molecule has 4 heteroatoms. The summed E-state index contributed by atoms with van der Waals surface area (Å²) in [6.07, 6.45) is 4.84. The molecule has 0 aliphatic carbocycles. The highest BCUT2D eigenvalue weighted by molar-refractivity contribution is 7.13. The monoisotopic (exact) mass is 386 g/mol. The van der Waals surface area contributed by atoms with Crippen molar-refractivity contribution in [2.75, 3.05) is 5.32 Å². The Labute approximate surface area is 169 Å². The van der Waals surface area contributed by atoms with E-state index in [-0.39, 0.29) is 5.91 Å². The van der Waals surface area contributed by atoms with Crippen molar-refractivity contribution in [3.8, 4) is 16.8 Å². The lowest BCUT2D eigenvalue weighted by Crippen LogP contribution is -2.14. The number of nitrogens with zero attached hydrogens (tertiary/aromatic N) is 1. The van der Waals surface area contributed by atoms with Crippen LogP contribution in [0.3, 0.4) is 0 Å². The van der Waals surface area contributed by atoms with Gasteiger partial charge in [0.2, 0.25) is 0 Å². The second-order valence-corrected chi connectivity index (χ2v) is 7.63. The first-order valence-corrected chi connectivity index (χ1v) is 10.3. The highest BCUT2D eigenvalue weighted by atomic mass is 32.1. The summed E-state index contributed by atoms with van der Waals surface area (Å²) in [7, 11) is 0. The number of hydrogen-bond donors (Lipinski definition) is 1. The number of thiophene rings is 1. The molecule has 0 fully saturated rings. The number of anilines is 1. The number of aryl methyl sites for hydroxylation is 2. The summed E-state index contributed by atoms with van der Waals surface area (Å²) in [5.41, 5.74) is 6.32. The minimum absolute atomic E-state index is 0.0760. The maximum absolute atomic E-state index is 13.2. The first-order valence-electron chi connectivity index (χ1n) is 9.38. The van der Waals surface area contributed by atoms with E-state index in [1.807, 2.05) is 47.3 Å². The largest absolute Gasteiger partial charge is 0.322 e. The Hall–Kier alpha value is -3.11. The molecule has 0 spiro atoms. The molecular formula is C24H22N2OS. The number of para-hydroxylation sites is 1. The van der Waals surface area contributed by atoms with Crippen LogP contribution in [0.2, 0.25) is 0 Å². The van der Waals surface area contributed by atoms with Gasteiger partial charge in [0.1, 0.15) is 4.88 Å². The standard InChI is InChI=1S/C24H22N2OS/c1-3-18-8-4-5-9-21(18)25-24(27)23-22(26-14-6-7-15-26)20(16-28-23)19-12-10-17(2)11-13-19/h4-16H,3H2,1-2H3,(H,25,27). The maximum Gasteiger partial charge on any atom is 0.267 e. The van der Waals surface area contributed by atoms with Crippen molar-refractivity contribution in [2.24, 2.45) is 0 Å². The van der Waals surface area contributed by atoms with E-state index in [9.17, 15) is 4.79 Å². The van der Waals surface area contributed by atoms with Gasteiger partial charge in [0.05, 0.1) is 5.69 Å². The number of hydrogen-bond acceptors (Lipinski definition) is 2. The minimum Gasteiger partial charge on any atom is -0.322 e. The van der Waals surface area contributed by atoms with Crippen LogP contribution in [-0.4, -0.2) is 10.5 Å². The van der Waals surface area contributed by atoms with Crippen LogP contribution in [0.25, 0.3) is 16.8 Å². The normalized spacial score (nSPS) is 10.8. The third-order valence-corrected chi connectivity index (χ3v) is 5.81. The van der Waals surface area contributed by atoms with E-state index in [1.54, 1.807) is 0 Å². The SMILES string of the molecule is CCc1ccccc1NC(=O)c1scc(-c2ccc(C)cc2)c1-n1cccc1. The Morgan fingerprint density at radius 2 is 1.71 bits per heavy atom. The summed E-state index contributed by atoms with van der Waals surface area (Å²) in [6.45, 7) is 4.17. The van der Waals surface area contributed by atoms with Gasteiger partial charge in [-0.05, 0) is 42.7 Å². The van der Waals surface area contributed by atoms with Gasteiger partial charge in [0.15, 0.2) is 0 Å². The lowest BCUT2D eigenvalue weighted by atomic mass is 10.0. The van der Waals surface area contributed by atoms with Gasteiger partial charge in [-0.1, -0.05) is 55.0 Å². The van der Waals surface area contributed by atoms with Gasteiger partial charge < -0.3 is 9.88 Å². The number of rotatable bonds is 5. The van der Waals surface area contributed by atoms with E-state index in [0.29, 0.717) is 4.88 Å². The zero-order valence-electron chi connectivity index (χ0n) is 16.0. The summed E-state index contributed by atoms with van der Waals surface area (Å²) in [6, 6.07) is 20.3. The van der Waals surface area contributed by atoms with Gasteiger partial charge in [-0.15, -0.1) is 11.3 Å². The Morgan fingerprint density at radius 1 is 1.00 bits per heavy atom. The number of carbonyl (C=O) groups excluding carboxylic acids is 1. The van der Waals surface area contributed by atoms with Crippen LogP contribution in [0, 0.1) is 6.92 Å². The summed E-state index contributed by atoms with van der Waals surface area (Å²) < 4.78 is 2.02. The molecule has 0 aliphatic rings. The fourth-order valence-corrected chi connectivity index (χ4v) is 4.29. The molecule has 1 N–H and O–H groups in total. The van der Waals surface area contributed by atoms with Crippen LogP contribution in [0.1, 0.15) is 27.7 Å².